The molecule has 0 radical (unpaired) electrons. The van der Waals surface area contributed by atoms with E-state index in [4.69, 9.17) is 0 Å². The maximum Gasteiger partial charge on any atom is 0.131 e. The Kier molecular flexibility index (Phi) is 1.90. The summed E-state index contributed by atoms with van der Waals surface area (Å²) in [4.78, 5) is 0. The van der Waals surface area contributed by atoms with E-state index in [1.54, 1.807) is 0 Å². The van der Waals surface area contributed by atoms with Gasteiger partial charge in [0.25, 0.3) is 0 Å². The monoisotopic (exact) mass is 296 g/mol. The van der Waals surface area contributed by atoms with Gasteiger partial charge in [0.15, 0.2) is 0 Å². The zero-order valence-electron chi connectivity index (χ0n) is 9.44. The van der Waals surface area contributed by atoms with E-state index >= 15 is 0 Å². The maximum absolute atomic E-state index is 10.0. The van der Waals surface area contributed by atoms with Gasteiger partial charge in [-0.2, -0.15) is 0 Å². The summed E-state index contributed by atoms with van der Waals surface area (Å²) in [5, 5.41) is 12.3. The smallest absolute Gasteiger partial charge is 0.131 e. The lowest BCUT2D eigenvalue weighted by Crippen LogP contribution is -1.79. The number of hydrogen-bond acceptors (Lipinski definition) is 1. The Balaban J connectivity index is 2.31. The molecule has 18 heavy (non-hydrogen) atoms. The molecule has 0 bridgehead atoms. The summed E-state index contributed by atoms with van der Waals surface area (Å²) in [6.07, 6.45) is 0. The van der Waals surface area contributed by atoms with Crippen LogP contribution in [0.5, 0.6) is 5.75 Å². The molecule has 1 N–H and O–H groups in total. The van der Waals surface area contributed by atoms with E-state index in [0.717, 1.165) is 15.4 Å². The molecule has 0 atom stereocenters. The molecule has 0 saturated carbocycles. The van der Waals surface area contributed by atoms with E-state index in [-0.39, 0.29) is 0 Å². The Morgan fingerprint density at radius 3 is 2.22 bits per heavy atom. The van der Waals surface area contributed by atoms with Crippen molar-refractivity contribution >= 4 is 26.7 Å². The number of phenolic OH excluding ortho intramolecular Hbond substituents is 1. The normalized spacial score (nSPS) is 11.8. The molecule has 0 unspecified atom stereocenters. The van der Waals surface area contributed by atoms with Crippen LogP contribution in [0.2, 0.25) is 0 Å². The van der Waals surface area contributed by atoms with Crippen LogP contribution in [0, 0.1) is 0 Å². The Hall–Kier alpha value is -1.80. The minimum absolute atomic E-state index is 0.298. The predicted molar refractivity (Wildman–Crippen MR) is 77.7 cm³/mol. The fourth-order valence-electron chi connectivity index (χ4n) is 2.83. The van der Waals surface area contributed by atoms with Crippen LogP contribution >= 0.6 is 15.9 Å². The van der Waals surface area contributed by atoms with Gasteiger partial charge >= 0.3 is 0 Å². The molecule has 0 aromatic heterocycles. The van der Waals surface area contributed by atoms with Gasteiger partial charge in [0, 0.05) is 5.39 Å². The first-order chi connectivity index (χ1) is 8.77. The van der Waals surface area contributed by atoms with Crippen LogP contribution in [0.1, 0.15) is 0 Å². The lowest BCUT2D eigenvalue weighted by atomic mass is 10.0. The molecule has 0 spiro atoms. The fraction of sp³-hybridized carbons (Fsp3) is 0. The van der Waals surface area contributed by atoms with Crippen molar-refractivity contribution in [3.63, 3.8) is 0 Å². The van der Waals surface area contributed by atoms with Crippen molar-refractivity contribution in [2.24, 2.45) is 0 Å². The van der Waals surface area contributed by atoms with Crippen molar-refractivity contribution in [1.82, 2.24) is 0 Å². The molecule has 1 aliphatic rings. The van der Waals surface area contributed by atoms with Crippen LogP contribution in [-0.4, -0.2) is 5.11 Å². The minimum Gasteiger partial charge on any atom is -0.507 e. The van der Waals surface area contributed by atoms with Crippen LogP contribution < -0.4 is 0 Å². The maximum atomic E-state index is 10.0. The van der Waals surface area contributed by atoms with Gasteiger partial charge in [0.05, 0.1) is 4.47 Å². The highest BCUT2D eigenvalue weighted by Crippen LogP contribution is 2.50. The molecule has 1 nitrogen and oxygen atoms in total. The molecular formula is C16H9BrO. The molecule has 0 heterocycles. The highest BCUT2D eigenvalue weighted by atomic mass is 79.9. The second-order valence-electron chi connectivity index (χ2n) is 4.53. The summed E-state index contributed by atoms with van der Waals surface area (Å²) in [6.45, 7) is 0. The Labute approximate surface area is 113 Å². The number of phenols is 1. The minimum atomic E-state index is 0.298. The second kappa shape index (κ2) is 3.36. The first-order valence-corrected chi connectivity index (χ1v) is 6.60. The van der Waals surface area contributed by atoms with Gasteiger partial charge in [-0.15, -0.1) is 0 Å². The van der Waals surface area contributed by atoms with Gasteiger partial charge < -0.3 is 5.11 Å². The number of rotatable bonds is 0. The third kappa shape index (κ3) is 1.11. The molecule has 4 rings (SSSR count). The molecule has 0 aliphatic heterocycles. The van der Waals surface area contributed by atoms with Gasteiger partial charge in [0.2, 0.25) is 0 Å². The van der Waals surface area contributed by atoms with Crippen molar-refractivity contribution < 1.29 is 5.11 Å². The first kappa shape index (κ1) is 10.2. The van der Waals surface area contributed by atoms with Crippen molar-refractivity contribution in [2.75, 3.05) is 0 Å². The van der Waals surface area contributed by atoms with Crippen molar-refractivity contribution in [2.45, 2.75) is 0 Å². The molecule has 3 aromatic rings. The SMILES string of the molecule is Oc1cc2c3c(cccc3c1Br)-c1ccccc1-2. The summed E-state index contributed by atoms with van der Waals surface area (Å²) in [6, 6.07) is 16.4. The third-order valence-corrected chi connectivity index (χ3v) is 4.42. The van der Waals surface area contributed by atoms with E-state index in [0.29, 0.717) is 5.75 Å². The quantitative estimate of drug-likeness (QED) is 0.486. The van der Waals surface area contributed by atoms with Crippen LogP contribution in [0.15, 0.2) is 53.0 Å². The number of hydrogen-bond donors (Lipinski definition) is 1. The molecular weight excluding hydrogens is 288 g/mol. The molecule has 1 aliphatic carbocycles. The van der Waals surface area contributed by atoms with E-state index < -0.39 is 0 Å². The molecule has 0 amide bonds. The first-order valence-electron chi connectivity index (χ1n) is 5.81. The Bertz CT molecular complexity index is 806. The van der Waals surface area contributed by atoms with Gasteiger partial charge in [-0.3, -0.25) is 0 Å². The van der Waals surface area contributed by atoms with Crippen LogP contribution in [-0.2, 0) is 0 Å². The lowest BCUT2D eigenvalue weighted by Gasteiger charge is -2.06. The molecule has 0 saturated heterocycles. The standard InChI is InChI=1S/C16H9BrO/c17-16-12-7-3-6-11-9-4-1-2-5-10(9)13(15(11)12)8-14(16)18/h1-8,18H. The molecule has 3 aromatic carbocycles. The summed E-state index contributed by atoms with van der Waals surface area (Å²) in [5.74, 6) is 0.298. The van der Waals surface area contributed by atoms with Crippen molar-refractivity contribution in [3.8, 4) is 28.0 Å². The third-order valence-electron chi connectivity index (χ3n) is 3.58. The summed E-state index contributed by atoms with van der Waals surface area (Å²) in [7, 11) is 0. The molecule has 0 fully saturated rings. The van der Waals surface area contributed by atoms with E-state index in [1.165, 1.54) is 22.1 Å². The average molecular weight is 297 g/mol. The highest BCUT2D eigenvalue weighted by molar-refractivity contribution is 9.10. The highest BCUT2D eigenvalue weighted by Gasteiger charge is 2.22. The molecule has 86 valence electrons. The molecule has 2 heteroatoms. The summed E-state index contributed by atoms with van der Waals surface area (Å²) in [5.41, 5.74) is 4.82. The topological polar surface area (TPSA) is 20.2 Å². The second-order valence-corrected chi connectivity index (χ2v) is 5.32. The Morgan fingerprint density at radius 1 is 0.778 bits per heavy atom. The fourth-order valence-corrected chi connectivity index (χ4v) is 3.27. The zero-order chi connectivity index (χ0) is 12.3. The summed E-state index contributed by atoms with van der Waals surface area (Å²) < 4.78 is 0.774. The lowest BCUT2D eigenvalue weighted by molar-refractivity contribution is 0.473. The van der Waals surface area contributed by atoms with Gasteiger partial charge in [-0.25, -0.2) is 0 Å². The van der Waals surface area contributed by atoms with Gasteiger partial charge in [0.1, 0.15) is 5.75 Å². The average Bonchev–Trinajstić information content (AvgIpc) is 2.72. The number of halogens is 1. The van der Waals surface area contributed by atoms with Crippen LogP contribution in [0.4, 0.5) is 0 Å². The van der Waals surface area contributed by atoms with E-state index in [9.17, 15) is 5.11 Å². The van der Waals surface area contributed by atoms with Gasteiger partial charge in [-0.1, -0.05) is 42.5 Å². The number of fused-ring (bicyclic) bond motifs is 3. The number of aromatic hydroxyl groups is 1. The largest absolute Gasteiger partial charge is 0.507 e. The predicted octanol–water partition coefficient (Wildman–Crippen LogP) is 4.96. The van der Waals surface area contributed by atoms with Gasteiger partial charge in [-0.05, 0) is 49.6 Å². The van der Waals surface area contributed by atoms with Crippen LogP contribution in [0.3, 0.4) is 0 Å². The van der Waals surface area contributed by atoms with E-state index in [1.807, 2.05) is 24.3 Å². The van der Waals surface area contributed by atoms with Crippen molar-refractivity contribution in [1.29, 1.82) is 0 Å². The van der Waals surface area contributed by atoms with Crippen LogP contribution in [0.25, 0.3) is 33.0 Å². The van der Waals surface area contributed by atoms with E-state index in [2.05, 4.69) is 40.2 Å². The Morgan fingerprint density at radius 2 is 1.44 bits per heavy atom. The number of benzene rings is 3. The van der Waals surface area contributed by atoms with Crippen molar-refractivity contribution in [3.05, 3.63) is 53.0 Å². The summed E-state index contributed by atoms with van der Waals surface area (Å²) >= 11 is 3.47. The zero-order valence-corrected chi connectivity index (χ0v) is 11.0.